The number of halogens is 1. The van der Waals surface area contributed by atoms with Crippen molar-refractivity contribution >= 4 is 29.1 Å². The zero-order valence-corrected chi connectivity index (χ0v) is 13.2. The van der Waals surface area contributed by atoms with E-state index in [2.05, 4.69) is 10.8 Å². The first-order valence-electron chi connectivity index (χ1n) is 7.02. The van der Waals surface area contributed by atoms with Crippen molar-refractivity contribution in [2.75, 3.05) is 12.4 Å². The molecular weight excluding hydrogens is 316 g/mol. The Bertz CT molecular complexity index is 757. The molecule has 1 aliphatic carbocycles. The van der Waals surface area contributed by atoms with Gasteiger partial charge in [0, 0.05) is 16.3 Å². The Balaban J connectivity index is 1.57. The SMILES string of the molecule is COc1ccc2c(c1)CC=C2NOC(=O)Nc1ccc(Cl)cc1. The van der Waals surface area contributed by atoms with E-state index in [1.807, 2.05) is 24.3 Å². The summed E-state index contributed by atoms with van der Waals surface area (Å²) >= 11 is 5.79. The van der Waals surface area contributed by atoms with Crippen LogP contribution < -0.4 is 15.5 Å². The van der Waals surface area contributed by atoms with E-state index in [9.17, 15) is 4.79 Å². The van der Waals surface area contributed by atoms with Gasteiger partial charge >= 0.3 is 6.09 Å². The third kappa shape index (κ3) is 3.57. The van der Waals surface area contributed by atoms with Gasteiger partial charge in [0.05, 0.1) is 12.8 Å². The highest BCUT2D eigenvalue weighted by atomic mass is 35.5. The predicted octanol–water partition coefficient (Wildman–Crippen LogP) is 4.00. The number of anilines is 1. The summed E-state index contributed by atoms with van der Waals surface area (Å²) in [7, 11) is 1.63. The molecule has 0 unspecified atom stereocenters. The molecule has 0 spiro atoms. The molecule has 0 aliphatic heterocycles. The average Bonchev–Trinajstić information content (AvgIpc) is 2.97. The fourth-order valence-electron chi connectivity index (χ4n) is 2.33. The molecule has 0 aromatic heterocycles. The molecule has 0 saturated carbocycles. The number of fused-ring (bicyclic) bond motifs is 1. The number of hydrogen-bond acceptors (Lipinski definition) is 4. The Morgan fingerprint density at radius 2 is 1.96 bits per heavy atom. The zero-order chi connectivity index (χ0) is 16.2. The molecule has 0 atom stereocenters. The number of hydroxylamine groups is 1. The summed E-state index contributed by atoms with van der Waals surface area (Å²) < 4.78 is 5.20. The smallest absolute Gasteiger partial charge is 0.435 e. The second-order valence-corrected chi connectivity index (χ2v) is 5.40. The van der Waals surface area contributed by atoms with Gasteiger partial charge < -0.3 is 9.57 Å². The first-order chi connectivity index (χ1) is 11.2. The van der Waals surface area contributed by atoms with Crippen LogP contribution in [0.15, 0.2) is 48.5 Å². The fourth-order valence-corrected chi connectivity index (χ4v) is 2.45. The van der Waals surface area contributed by atoms with Crippen molar-refractivity contribution in [1.29, 1.82) is 0 Å². The number of methoxy groups -OCH3 is 1. The highest BCUT2D eigenvalue weighted by Gasteiger charge is 2.16. The molecule has 2 N–H and O–H groups in total. The molecule has 3 rings (SSSR count). The number of benzene rings is 2. The number of nitrogens with one attached hydrogen (secondary N) is 2. The third-order valence-electron chi connectivity index (χ3n) is 3.47. The summed E-state index contributed by atoms with van der Waals surface area (Å²) in [5, 5.41) is 3.21. The minimum absolute atomic E-state index is 0.602. The van der Waals surface area contributed by atoms with Gasteiger partial charge in [-0.05, 0) is 54.4 Å². The van der Waals surface area contributed by atoms with E-state index in [4.69, 9.17) is 21.2 Å². The number of allylic oxidation sites excluding steroid dienone is 1. The van der Waals surface area contributed by atoms with Crippen molar-refractivity contribution in [3.63, 3.8) is 0 Å². The second kappa shape index (κ2) is 6.62. The molecule has 0 heterocycles. The normalized spacial score (nSPS) is 12.2. The van der Waals surface area contributed by atoms with Crippen molar-refractivity contribution in [3.05, 3.63) is 64.7 Å². The lowest BCUT2D eigenvalue weighted by molar-refractivity contribution is 0.131. The van der Waals surface area contributed by atoms with E-state index in [1.54, 1.807) is 31.4 Å². The molecule has 0 fully saturated rings. The van der Waals surface area contributed by atoms with Crippen molar-refractivity contribution in [2.45, 2.75) is 6.42 Å². The van der Waals surface area contributed by atoms with Crippen LogP contribution in [-0.4, -0.2) is 13.2 Å². The van der Waals surface area contributed by atoms with Gasteiger partial charge in [0.25, 0.3) is 0 Å². The van der Waals surface area contributed by atoms with Crippen LogP contribution in [-0.2, 0) is 11.3 Å². The minimum atomic E-state index is -0.602. The van der Waals surface area contributed by atoms with E-state index >= 15 is 0 Å². The molecule has 1 amide bonds. The van der Waals surface area contributed by atoms with E-state index in [-0.39, 0.29) is 0 Å². The van der Waals surface area contributed by atoms with Gasteiger partial charge in [-0.3, -0.25) is 5.32 Å². The second-order valence-electron chi connectivity index (χ2n) is 4.97. The van der Waals surface area contributed by atoms with Gasteiger partial charge in [0.1, 0.15) is 5.75 Å². The van der Waals surface area contributed by atoms with Gasteiger partial charge in [0.15, 0.2) is 0 Å². The Kier molecular flexibility index (Phi) is 4.39. The van der Waals surface area contributed by atoms with Crippen LogP contribution in [0.4, 0.5) is 10.5 Å². The molecule has 0 radical (unpaired) electrons. The van der Waals surface area contributed by atoms with Gasteiger partial charge in [-0.15, -0.1) is 0 Å². The molecule has 2 aromatic carbocycles. The minimum Gasteiger partial charge on any atom is -0.497 e. The standard InChI is InChI=1S/C17H15ClN2O3/c1-22-14-7-8-15-11(10-14)2-9-16(15)20-23-17(21)19-13-5-3-12(18)4-6-13/h3-10,20H,2H2,1H3,(H,19,21). The Morgan fingerprint density at radius 1 is 1.17 bits per heavy atom. The lowest BCUT2D eigenvalue weighted by Gasteiger charge is -2.11. The molecular formula is C17H15ClN2O3. The summed E-state index contributed by atoms with van der Waals surface area (Å²) in [5.74, 6) is 0.805. The molecule has 2 aromatic rings. The maximum absolute atomic E-state index is 11.8. The Morgan fingerprint density at radius 3 is 2.70 bits per heavy atom. The van der Waals surface area contributed by atoms with Gasteiger partial charge in [-0.25, -0.2) is 10.3 Å². The summed E-state index contributed by atoms with van der Waals surface area (Å²) in [6, 6.07) is 12.5. The maximum Gasteiger partial charge on any atom is 0.435 e. The number of hydrogen-bond donors (Lipinski definition) is 2. The number of amides is 1. The van der Waals surface area contributed by atoms with Gasteiger partial charge in [0.2, 0.25) is 0 Å². The van der Waals surface area contributed by atoms with Crippen LogP contribution >= 0.6 is 11.6 Å². The average molecular weight is 331 g/mol. The zero-order valence-electron chi connectivity index (χ0n) is 12.4. The largest absolute Gasteiger partial charge is 0.497 e. The summed E-state index contributed by atoms with van der Waals surface area (Å²) in [4.78, 5) is 16.8. The quantitative estimate of drug-likeness (QED) is 0.832. The predicted molar refractivity (Wildman–Crippen MR) is 89.4 cm³/mol. The molecule has 5 nitrogen and oxygen atoms in total. The lowest BCUT2D eigenvalue weighted by atomic mass is 10.1. The van der Waals surface area contributed by atoms with Crippen LogP contribution in [0.2, 0.25) is 5.02 Å². The maximum atomic E-state index is 11.8. The van der Waals surface area contributed by atoms with E-state index in [1.165, 1.54) is 0 Å². The van der Waals surface area contributed by atoms with E-state index in [0.717, 1.165) is 29.0 Å². The first-order valence-corrected chi connectivity index (χ1v) is 7.40. The Labute approximate surface area is 138 Å². The van der Waals surface area contributed by atoms with Crippen LogP contribution in [0.25, 0.3) is 5.70 Å². The van der Waals surface area contributed by atoms with Crippen LogP contribution in [0.1, 0.15) is 11.1 Å². The van der Waals surface area contributed by atoms with Crippen molar-refractivity contribution in [2.24, 2.45) is 0 Å². The summed E-state index contributed by atoms with van der Waals surface area (Å²) in [6.45, 7) is 0. The Hall–Kier alpha value is -2.66. The highest BCUT2D eigenvalue weighted by molar-refractivity contribution is 6.30. The van der Waals surface area contributed by atoms with Gasteiger partial charge in [-0.1, -0.05) is 17.7 Å². The van der Waals surface area contributed by atoms with Crippen LogP contribution in [0, 0.1) is 0 Å². The molecule has 6 heteroatoms. The van der Waals surface area contributed by atoms with Crippen molar-refractivity contribution < 1.29 is 14.4 Å². The number of carbonyl (C=O) groups excluding carboxylic acids is 1. The number of ether oxygens (including phenoxy) is 1. The number of rotatable bonds is 4. The fraction of sp³-hybridized carbons (Fsp3) is 0.118. The van der Waals surface area contributed by atoms with E-state index in [0.29, 0.717) is 10.7 Å². The molecule has 23 heavy (non-hydrogen) atoms. The molecule has 1 aliphatic rings. The molecule has 0 saturated heterocycles. The monoisotopic (exact) mass is 330 g/mol. The van der Waals surface area contributed by atoms with E-state index < -0.39 is 6.09 Å². The molecule has 118 valence electrons. The topological polar surface area (TPSA) is 59.6 Å². The highest BCUT2D eigenvalue weighted by Crippen LogP contribution is 2.28. The van der Waals surface area contributed by atoms with Crippen LogP contribution in [0.5, 0.6) is 5.75 Å². The van der Waals surface area contributed by atoms with Crippen molar-refractivity contribution in [1.82, 2.24) is 5.48 Å². The summed E-state index contributed by atoms with van der Waals surface area (Å²) in [5.41, 5.74) is 6.16. The lowest BCUT2D eigenvalue weighted by Crippen LogP contribution is -2.22. The summed E-state index contributed by atoms with van der Waals surface area (Å²) in [6.07, 6.45) is 2.12. The van der Waals surface area contributed by atoms with Crippen molar-refractivity contribution in [3.8, 4) is 5.75 Å². The van der Waals surface area contributed by atoms with Gasteiger partial charge in [-0.2, -0.15) is 0 Å². The van der Waals surface area contributed by atoms with Crippen LogP contribution in [0.3, 0.4) is 0 Å². The third-order valence-corrected chi connectivity index (χ3v) is 3.72. The molecule has 0 bridgehead atoms. The first kappa shape index (κ1) is 15.2. The number of carbonyl (C=O) groups is 1.